The summed E-state index contributed by atoms with van der Waals surface area (Å²) in [4.78, 5) is 14.0. The molecule has 0 spiro atoms. The predicted octanol–water partition coefficient (Wildman–Crippen LogP) is 3.07. The van der Waals surface area contributed by atoms with E-state index in [9.17, 15) is 4.79 Å². The molecule has 0 radical (unpaired) electrons. The molecule has 0 saturated carbocycles. The van der Waals surface area contributed by atoms with Crippen LogP contribution in [0.15, 0.2) is 75.3 Å². The number of anilines is 1. The monoisotopic (exact) mass is 448 g/mol. The van der Waals surface area contributed by atoms with Crippen molar-refractivity contribution in [1.29, 1.82) is 0 Å². The van der Waals surface area contributed by atoms with Crippen LogP contribution in [0.5, 0.6) is 0 Å². The summed E-state index contributed by atoms with van der Waals surface area (Å²) in [5.74, 6) is 0.108. The fourth-order valence-corrected chi connectivity index (χ4v) is 3.85. The summed E-state index contributed by atoms with van der Waals surface area (Å²) in [6.45, 7) is 1.97. The van der Waals surface area contributed by atoms with Crippen LogP contribution < -0.4 is 11.2 Å². The first kappa shape index (κ1) is 21.2. The summed E-state index contributed by atoms with van der Waals surface area (Å²) in [6, 6.07) is 19.4. The number of nitrogens with zero attached hydrogens (tertiary/aromatic N) is 6. The normalized spacial score (nSPS) is 11.5. The summed E-state index contributed by atoms with van der Waals surface area (Å²) < 4.78 is 6.05. The van der Waals surface area contributed by atoms with Crippen molar-refractivity contribution < 1.29 is 9.42 Å². The molecule has 0 unspecified atom stereocenters. The van der Waals surface area contributed by atoms with Gasteiger partial charge in [-0.3, -0.25) is 4.79 Å². The van der Waals surface area contributed by atoms with E-state index in [1.54, 1.807) is 0 Å². The van der Waals surface area contributed by atoms with Crippen LogP contribution in [0.2, 0.25) is 0 Å². The SMILES string of the molecule is CCC(=NNC(=O)c1nnn(-c2nonc2N)c1CSc1ccccc1)c1ccccc1. The molecule has 4 aromatic rings. The predicted molar refractivity (Wildman–Crippen MR) is 120 cm³/mol. The van der Waals surface area contributed by atoms with E-state index in [0.29, 0.717) is 17.9 Å². The van der Waals surface area contributed by atoms with E-state index in [1.807, 2.05) is 67.6 Å². The van der Waals surface area contributed by atoms with E-state index >= 15 is 0 Å². The zero-order chi connectivity index (χ0) is 22.3. The van der Waals surface area contributed by atoms with Gasteiger partial charge in [0.1, 0.15) is 0 Å². The van der Waals surface area contributed by atoms with Crippen molar-refractivity contribution >= 4 is 29.2 Å². The largest absolute Gasteiger partial charge is 0.378 e. The number of carbonyl (C=O) groups is 1. The van der Waals surface area contributed by atoms with E-state index in [2.05, 4.69) is 35.8 Å². The number of hydrazone groups is 1. The molecule has 0 aliphatic rings. The van der Waals surface area contributed by atoms with Gasteiger partial charge in [-0.05, 0) is 34.4 Å². The van der Waals surface area contributed by atoms with Gasteiger partial charge < -0.3 is 5.73 Å². The van der Waals surface area contributed by atoms with Crippen molar-refractivity contribution in [2.45, 2.75) is 24.0 Å². The van der Waals surface area contributed by atoms with Crippen LogP contribution in [0.25, 0.3) is 5.82 Å². The Morgan fingerprint density at radius 1 is 1.12 bits per heavy atom. The van der Waals surface area contributed by atoms with Crippen molar-refractivity contribution in [3.8, 4) is 5.82 Å². The van der Waals surface area contributed by atoms with Crippen LogP contribution in [0.3, 0.4) is 0 Å². The van der Waals surface area contributed by atoms with Gasteiger partial charge in [0.25, 0.3) is 5.91 Å². The lowest BCUT2D eigenvalue weighted by molar-refractivity contribution is 0.0949. The Morgan fingerprint density at radius 2 is 1.84 bits per heavy atom. The highest BCUT2D eigenvalue weighted by Crippen LogP contribution is 2.25. The quantitative estimate of drug-likeness (QED) is 0.238. The average molecular weight is 449 g/mol. The van der Waals surface area contributed by atoms with Gasteiger partial charge in [-0.2, -0.15) is 9.78 Å². The minimum absolute atomic E-state index is 0.0446. The third kappa shape index (κ3) is 4.67. The molecule has 0 fully saturated rings. The van der Waals surface area contributed by atoms with Crippen molar-refractivity contribution in [1.82, 2.24) is 30.7 Å². The topological polar surface area (TPSA) is 137 Å². The molecule has 0 aliphatic heterocycles. The van der Waals surface area contributed by atoms with Gasteiger partial charge in [0.05, 0.1) is 11.4 Å². The molecule has 0 aliphatic carbocycles. The van der Waals surface area contributed by atoms with Gasteiger partial charge in [-0.25, -0.2) is 10.1 Å². The number of carbonyl (C=O) groups excluding carboxylic acids is 1. The molecule has 0 bridgehead atoms. The van der Waals surface area contributed by atoms with Crippen molar-refractivity contribution in [2.75, 3.05) is 5.73 Å². The molecule has 2 heterocycles. The smallest absolute Gasteiger partial charge is 0.293 e. The lowest BCUT2D eigenvalue weighted by Gasteiger charge is -2.07. The Kier molecular flexibility index (Phi) is 6.56. The number of nitrogen functional groups attached to an aromatic ring is 1. The second kappa shape index (κ2) is 9.88. The fraction of sp³-hybridized carbons (Fsp3) is 0.143. The van der Waals surface area contributed by atoms with Crippen LogP contribution >= 0.6 is 11.8 Å². The summed E-state index contributed by atoms with van der Waals surface area (Å²) in [5.41, 5.74) is 10.7. The van der Waals surface area contributed by atoms with Gasteiger partial charge in [-0.1, -0.05) is 60.7 Å². The van der Waals surface area contributed by atoms with Crippen LogP contribution in [0, 0.1) is 0 Å². The second-order valence-corrected chi connectivity index (χ2v) is 7.64. The fourth-order valence-electron chi connectivity index (χ4n) is 2.93. The van der Waals surface area contributed by atoms with Gasteiger partial charge in [0.15, 0.2) is 5.69 Å². The second-order valence-electron chi connectivity index (χ2n) is 6.59. The lowest BCUT2D eigenvalue weighted by Crippen LogP contribution is -2.22. The third-order valence-corrected chi connectivity index (χ3v) is 5.55. The zero-order valence-corrected chi connectivity index (χ0v) is 18.0. The molecule has 162 valence electrons. The van der Waals surface area contributed by atoms with Gasteiger partial charge in [-0.15, -0.1) is 16.9 Å². The number of benzene rings is 2. The molecule has 1 amide bonds. The van der Waals surface area contributed by atoms with Crippen molar-refractivity contribution in [3.05, 3.63) is 77.6 Å². The Labute approximate surface area is 187 Å². The number of aromatic nitrogens is 5. The van der Waals surface area contributed by atoms with E-state index in [0.717, 1.165) is 16.2 Å². The Hall–Kier alpha value is -3.99. The maximum Gasteiger partial charge on any atom is 0.293 e. The lowest BCUT2D eigenvalue weighted by atomic mass is 10.1. The molecular formula is C21H20N8O2S. The maximum absolute atomic E-state index is 13.0. The zero-order valence-electron chi connectivity index (χ0n) is 17.2. The number of thioether (sulfide) groups is 1. The number of nitrogens with two attached hydrogens (primary N) is 1. The van der Waals surface area contributed by atoms with Crippen LogP contribution in [-0.4, -0.2) is 36.9 Å². The first-order valence-corrected chi connectivity index (χ1v) is 10.8. The highest BCUT2D eigenvalue weighted by molar-refractivity contribution is 7.98. The van der Waals surface area contributed by atoms with E-state index < -0.39 is 5.91 Å². The standard InChI is InChI=1S/C21H20N8O2S/c1-2-16(14-9-5-3-6-10-14)23-25-21(30)18-17(13-32-15-11-7-4-8-12-15)29(28-24-18)20-19(22)26-31-27-20/h3-12H,2,13H2,1H3,(H2,22,26)(H,25,30). The summed E-state index contributed by atoms with van der Waals surface area (Å²) >= 11 is 1.52. The van der Waals surface area contributed by atoms with Gasteiger partial charge >= 0.3 is 0 Å². The van der Waals surface area contributed by atoms with Crippen LogP contribution in [-0.2, 0) is 5.75 Å². The Balaban J connectivity index is 1.62. The molecule has 4 rings (SSSR count). The highest BCUT2D eigenvalue weighted by atomic mass is 32.2. The molecule has 10 nitrogen and oxygen atoms in total. The molecule has 11 heteroatoms. The molecule has 3 N–H and O–H groups in total. The van der Waals surface area contributed by atoms with Crippen molar-refractivity contribution in [2.24, 2.45) is 5.10 Å². The molecule has 2 aromatic heterocycles. The van der Waals surface area contributed by atoms with Crippen molar-refractivity contribution in [3.63, 3.8) is 0 Å². The van der Waals surface area contributed by atoms with Crippen LogP contribution in [0.1, 0.15) is 35.1 Å². The Morgan fingerprint density at radius 3 is 2.50 bits per heavy atom. The van der Waals surface area contributed by atoms with Gasteiger partial charge in [0.2, 0.25) is 11.6 Å². The number of hydrogen-bond acceptors (Lipinski definition) is 9. The number of nitrogens with one attached hydrogen (secondary N) is 1. The first-order valence-electron chi connectivity index (χ1n) is 9.80. The molecular weight excluding hydrogens is 428 g/mol. The maximum atomic E-state index is 13.0. The first-order chi connectivity index (χ1) is 15.7. The van der Waals surface area contributed by atoms with E-state index in [4.69, 9.17) is 5.73 Å². The minimum Gasteiger partial charge on any atom is -0.378 e. The minimum atomic E-state index is -0.489. The third-order valence-electron chi connectivity index (χ3n) is 4.53. The van der Waals surface area contributed by atoms with Gasteiger partial charge in [0, 0.05) is 10.6 Å². The Bertz CT molecular complexity index is 1220. The summed E-state index contributed by atoms with van der Waals surface area (Å²) in [6.07, 6.45) is 0.648. The van der Waals surface area contributed by atoms with Crippen LogP contribution in [0.4, 0.5) is 5.82 Å². The number of amides is 1. The summed E-state index contributed by atoms with van der Waals surface area (Å²) in [7, 11) is 0. The molecule has 2 aromatic carbocycles. The van der Waals surface area contributed by atoms with E-state index in [-0.39, 0.29) is 17.3 Å². The number of hydrogen-bond donors (Lipinski definition) is 2. The highest BCUT2D eigenvalue weighted by Gasteiger charge is 2.24. The average Bonchev–Trinajstić information content (AvgIpc) is 3.45. The summed E-state index contributed by atoms with van der Waals surface area (Å²) in [5, 5.41) is 19.8. The molecule has 32 heavy (non-hydrogen) atoms. The van der Waals surface area contributed by atoms with E-state index in [1.165, 1.54) is 16.4 Å². The molecule has 0 saturated heterocycles. The molecule has 0 atom stereocenters. The number of rotatable bonds is 8.